The molecule has 0 bridgehead atoms. The molecule has 5 nitrogen and oxygen atoms in total. The Morgan fingerprint density at radius 2 is 2.06 bits per heavy atom. The molecule has 96 valence electrons. The minimum Gasteiger partial charge on any atom is -0.281 e. The topological polar surface area (TPSA) is 74.8 Å². The van der Waals surface area contributed by atoms with Crippen LogP contribution in [0.1, 0.15) is 11.3 Å². The highest BCUT2D eigenvalue weighted by molar-refractivity contribution is 7.92. The number of rotatable bonds is 3. The van der Waals surface area contributed by atoms with Gasteiger partial charge in [0.15, 0.2) is 0 Å². The van der Waals surface area contributed by atoms with Gasteiger partial charge >= 0.3 is 0 Å². The Morgan fingerprint density at radius 1 is 1.33 bits per heavy atom. The molecule has 0 spiro atoms. The summed E-state index contributed by atoms with van der Waals surface area (Å²) in [7, 11) is -3.70. The van der Waals surface area contributed by atoms with Gasteiger partial charge in [0, 0.05) is 0 Å². The first-order chi connectivity index (χ1) is 8.40. The zero-order valence-corrected chi connectivity index (χ0v) is 10.7. The maximum absolute atomic E-state index is 12.9. The van der Waals surface area contributed by atoms with Gasteiger partial charge in [0.25, 0.3) is 10.0 Å². The number of aromatic nitrogens is 2. The van der Waals surface area contributed by atoms with E-state index < -0.39 is 15.8 Å². The van der Waals surface area contributed by atoms with Crippen molar-refractivity contribution in [2.75, 3.05) is 4.72 Å². The molecule has 0 aliphatic carbocycles. The van der Waals surface area contributed by atoms with Crippen LogP contribution in [0.25, 0.3) is 0 Å². The highest BCUT2D eigenvalue weighted by Gasteiger charge is 2.19. The molecule has 0 aliphatic rings. The van der Waals surface area contributed by atoms with Crippen LogP contribution in [0.2, 0.25) is 0 Å². The Balaban J connectivity index is 2.37. The Morgan fingerprint density at radius 3 is 2.61 bits per heavy atom. The number of sulfonamides is 1. The van der Waals surface area contributed by atoms with Crippen molar-refractivity contribution in [3.63, 3.8) is 0 Å². The van der Waals surface area contributed by atoms with Gasteiger partial charge in [0.1, 0.15) is 10.7 Å². The van der Waals surface area contributed by atoms with E-state index in [0.29, 0.717) is 16.9 Å². The summed E-state index contributed by atoms with van der Waals surface area (Å²) in [6.07, 6.45) is 1.23. The van der Waals surface area contributed by atoms with Crippen LogP contribution < -0.4 is 4.72 Å². The highest BCUT2D eigenvalue weighted by Crippen LogP contribution is 2.21. The molecule has 0 radical (unpaired) electrons. The van der Waals surface area contributed by atoms with Crippen molar-refractivity contribution < 1.29 is 12.8 Å². The second-order valence-electron chi connectivity index (χ2n) is 3.92. The Labute approximate surface area is 104 Å². The number of nitrogens with one attached hydrogen (secondary N) is 2. The van der Waals surface area contributed by atoms with Crippen molar-refractivity contribution in [3.05, 3.63) is 41.5 Å². The van der Waals surface area contributed by atoms with Crippen molar-refractivity contribution in [2.24, 2.45) is 0 Å². The lowest BCUT2D eigenvalue weighted by atomic mass is 10.2. The normalized spacial score (nSPS) is 11.5. The van der Waals surface area contributed by atoms with Crippen LogP contribution in [0, 0.1) is 19.7 Å². The number of benzene rings is 1. The Bertz CT molecular complexity index is 679. The van der Waals surface area contributed by atoms with Crippen molar-refractivity contribution in [2.45, 2.75) is 18.7 Å². The molecule has 0 aliphatic heterocycles. The molecule has 1 heterocycles. The predicted octanol–water partition coefficient (Wildman–Crippen LogP) is 1.97. The van der Waals surface area contributed by atoms with Gasteiger partial charge in [-0.3, -0.25) is 9.82 Å². The van der Waals surface area contributed by atoms with Crippen LogP contribution in [0.15, 0.2) is 29.3 Å². The van der Waals surface area contributed by atoms with E-state index in [1.807, 2.05) is 0 Å². The summed E-state index contributed by atoms with van der Waals surface area (Å²) in [4.78, 5) is 0.0752. The second kappa shape index (κ2) is 4.41. The lowest BCUT2D eigenvalue weighted by molar-refractivity contribution is 0.600. The van der Waals surface area contributed by atoms with Gasteiger partial charge in [-0.05, 0) is 37.6 Å². The maximum Gasteiger partial charge on any atom is 0.265 e. The van der Waals surface area contributed by atoms with E-state index in [4.69, 9.17) is 0 Å². The van der Waals surface area contributed by atoms with Crippen molar-refractivity contribution in [1.29, 1.82) is 0 Å². The van der Waals surface area contributed by atoms with Gasteiger partial charge in [0.05, 0.1) is 17.6 Å². The standard InChI is InChI=1S/C11H12FN3O2S/c1-7-5-9(12)3-4-10(7)15-18(16,17)11-6-13-14-8(11)2/h3-6,15H,1-2H3,(H,13,14). The van der Waals surface area contributed by atoms with Gasteiger partial charge in [-0.25, -0.2) is 12.8 Å². The molecule has 0 saturated heterocycles. The third kappa shape index (κ3) is 2.35. The smallest absolute Gasteiger partial charge is 0.265 e. The number of nitrogens with zero attached hydrogens (tertiary/aromatic N) is 1. The number of aromatic amines is 1. The molecule has 0 fully saturated rings. The first kappa shape index (κ1) is 12.6. The number of aryl methyl sites for hydroxylation is 2. The number of hydrogen-bond acceptors (Lipinski definition) is 3. The van der Waals surface area contributed by atoms with Gasteiger partial charge in [-0.1, -0.05) is 0 Å². The van der Waals surface area contributed by atoms with Crippen LogP contribution in [-0.2, 0) is 10.0 Å². The van der Waals surface area contributed by atoms with E-state index in [0.717, 1.165) is 0 Å². The molecule has 2 rings (SSSR count). The van der Waals surface area contributed by atoms with Crippen molar-refractivity contribution in [3.8, 4) is 0 Å². The number of halogens is 1. The molecule has 1 aromatic carbocycles. The predicted molar refractivity (Wildman–Crippen MR) is 65.3 cm³/mol. The third-order valence-corrected chi connectivity index (χ3v) is 3.99. The van der Waals surface area contributed by atoms with E-state index in [9.17, 15) is 12.8 Å². The van der Waals surface area contributed by atoms with Gasteiger partial charge < -0.3 is 0 Å². The largest absolute Gasteiger partial charge is 0.281 e. The van der Waals surface area contributed by atoms with Gasteiger partial charge in [-0.15, -0.1) is 0 Å². The fraction of sp³-hybridized carbons (Fsp3) is 0.182. The molecule has 0 saturated carbocycles. The molecule has 18 heavy (non-hydrogen) atoms. The van der Waals surface area contributed by atoms with Crippen LogP contribution in [-0.4, -0.2) is 18.6 Å². The quantitative estimate of drug-likeness (QED) is 0.894. The first-order valence-electron chi connectivity index (χ1n) is 5.19. The fourth-order valence-electron chi connectivity index (χ4n) is 1.55. The second-order valence-corrected chi connectivity index (χ2v) is 5.57. The molecule has 0 amide bonds. The first-order valence-corrected chi connectivity index (χ1v) is 6.67. The molecular formula is C11H12FN3O2S. The lowest BCUT2D eigenvalue weighted by Crippen LogP contribution is -2.14. The summed E-state index contributed by atoms with van der Waals surface area (Å²) < 4.78 is 39.4. The van der Waals surface area contributed by atoms with Crippen LogP contribution in [0.4, 0.5) is 10.1 Å². The lowest BCUT2D eigenvalue weighted by Gasteiger charge is -2.09. The minimum absolute atomic E-state index is 0.0752. The molecule has 2 N–H and O–H groups in total. The van der Waals surface area contributed by atoms with E-state index in [2.05, 4.69) is 14.9 Å². The summed E-state index contributed by atoms with van der Waals surface area (Å²) in [5.74, 6) is -0.407. The monoisotopic (exact) mass is 269 g/mol. The average Bonchev–Trinajstić information content (AvgIpc) is 2.69. The maximum atomic E-state index is 12.9. The van der Waals surface area contributed by atoms with Gasteiger partial charge in [0.2, 0.25) is 0 Å². The molecule has 2 aromatic rings. The number of H-pyrrole nitrogens is 1. The van der Waals surface area contributed by atoms with Crippen molar-refractivity contribution in [1.82, 2.24) is 10.2 Å². The summed E-state index contributed by atoms with van der Waals surface area (Å²) in [5, 5.41) is 6.22. The Hall–Kier alpha value is -1.89. The van der Waals surface area contributed by atoms with Crippen LogP contribution in [0.3, 0.4) is 0 Å². The summed E-state index contributed by atoms with van der Waals surface area (Å²) in [6.45, 7) is 3.24. The number of anilines is 1. The third-order valence-electron chi connectivity index (χ3n) is 2.51. The highest BCUT2D eigenvalue weighted by atomic mass is 32.2. The van der Waals surface area contributed by atoms with E-state index in [1.165, 1.54) is 24.4 Å². The Kier molecular flexibility index (Phi) is 3.08. The minimum atomic E-state index is -3.70. The molecule has 7 heteroatoms. The van der Waals surface area contributed by atoms with E-state index >= 15 is 0 Å². The zero-order valence-electron chi connectivity index (χ0n) is 9.86. The summed E-state index contributed by atoms with van der Waals surface area (Å²) >= 11 is 0. The van der Waals surface area contributed by atoms with Crippen molar-refractivity contribution >= 4 is 15.7 Å². The van der Waals surface area contributed by atoms with Crippen LogP contribution >= 0.6 is 0 Å². The zero-order chi connectivity index (χ0) is 13.3. The molecule has 1 aromatic heterocycles. The number of hydrogen-bond donors (Lipinski definition) is 2. The average molecular weight is 269 g/mol. The fourth-order valence-corrected chi connectivity index (χ4v) is 2.82. The van der Waals surface area contributed by atoms with E-state index in [1.54, 1.807) is 13.8 Å². The van der Waals surface area contributed by atoms with Crippen LogP contribution in [0.5, 0.6) is 0 Å². The molecular weight excluding hydrogens is 257 g/mol. The summed E-state index contributed by atoms with van der Waals surface area (Å²) in [5.41, 5.74) is 1.30. The van der Waals surface area contributed by atoms with Gasteiger partial charge in [-0.2, -0.15) is 5.10 Å². The molecule has 0 atom stereocenters. The SMILES string of the molecule is Cc1cc(F)ccc1NS(=O)(=O)c1cn[nH]c1C. The summed E-state index contributed by atoms with van der Waals surface area (Å²) in [6, 6.07) is 3.85. The van der Waals surface area contributed by atoms with E-state index in [-0.39, 0.29) is 4.90 Å². The molecule has 0 unspecified atom stereocenters.